The molecular formula is C17H19ClN4O4S2. The molecule has 0 bridgehead atoms. The Morgan fingerprint density at radius 3 is 2.64 bits per heavy atom. The number of halogens is 1. The van der Waals surface area contributed by atoms with E-state index in [1.165, 1.54) is 18.2 Å². The Morgan fingerprint density at radius 2 is 2.07 bits per heavy atom. The van der Waals surface area contributed by atoms with Crippen LogP contribution >= 0.6 is 23.1 Å². The molecule has 1 amide bonds. The van der Waals surface area contributed by atoms with Gasteiger partial charge in [-0.15, -0.1) is 0 Å². The molecule has 0 radical (unpaired) electrons. The smallest absolute Gasteiger partial charge is 0.280 e. The first kappa shape index (κ1) is 20.7. The molecule has 1 fully saturated rings. The average molecular weight is 443 g/mol. The molecule has 1 heterocycles. The van der Waals surface area contributed by atoms with Crippen LogP contribution in [-0.2, 0) is 19.5 Å². The van der Waals surface area contributed by atoms with Gasteiger partial charge in [0.25, 0.3) is 5.91 Å². The van der Waals surface area contributed by atoms with E-state index in [0.717, 1.165) is 43.5 Å². The topological polar surface area (TPSA) is 111 Å². The molecule has 1 N–H and O–H groups in total. The number of nitrogens with zero attached hydrogens (tertiary/aromatic N) is 3. The van der Waals surface area contributed by atoms with Gasteiger partial charge >= 0.3 is 0 Å². The summed E-state index contributed by atoms with van der Waals surface area (Å²) < 4.78 is 27.6. The largest absolute Gasteiger partial charge is 0.392 e. The van der Waals surface area contributed by atoms with Crippen LogP contribution in [0.1, 0.15) is 37.1 Å². The quantitative estimate of drug-likeness (QED) is 0.543. The molecule has 2 aromatic rings. The van der Waals surface area contributed by atoms with Gasteiger partial charge in [-0.1, -0.05) is 22.8 Å². The summed E-state index contributed by atoms with van der Waals surface area (Å²) in [6.45, 7) is 1.72. The third kappa shape index (κ3) is 5.06. The summed E-state index contributed by atoms with van der Waals surface area (Å²) >= 11 is 7.18. The summed E-state index contributed by atoms with van der Waals surface area (Å²) in [5, 5.41) is 7.04. The van der Waals surface area contributed by atoms with Crippen LogP contribution in [0.25, 0.3) is 0 Å². The van der Waals surface area contributed by atoms with Gasteiger partial charge in [0.15, 0.2) is 15.5 Å². The second-order valence-electron chi connectivity index (χ2n) is 6.47. The molecular weight excluding hydrogens is 424 g/mol. The van der Waals surface area contributed by atoms with Crippen LogP contribution in [0.5, 0.6) is 0 Å². The highest BCUT2D eigenvalue weighted by Crippen LogP contribution is 2.25. The van der Waals surface area contributed by atoms with E-state index in [1.54, 1.807) is 6.92 Å². The van der Waals surface area contributed by atoms with Crippen molar-refractivity contribution in [3.8, 4) is 0 Å². The number of nitrogens with one attached hydrogen (secondary N) is 1. The van der Waals surface area contributed by atoms with Gasteiger partial charge in [0.05, 0.1) is 9.92 Å². The molecule has 1 aliphatic carbocycles. The Bertz CT molecular complexity index is 1010. The Morgan fingerprint density at radius 1 is 1.36 bits per heavy atom. The molecule has 0 saturated heterocycles. The third-order valence-electron chi connectivity index (χ3n) is 4.16. The lowest BCUT2D eigenvalue weighted by molar-refractivity contribution is -0.110. The number of amides is 1. The van der Waals surface area contributed by atoms with Crippen molar-refractivity contribution in [2.75, 3.05) is 11.6 Å². The van der Waals surface area contributed by atoms with E-state index >= 15 is 0 Å². The fourth-order valence-corrected chi connectivity index (χ4v) is 4.70. The molecule has 0 unspecified atom stereocenters. The van der Waals surface area contributed by atoms with Gasteiger partial charge in [0.1, 0.15) is 11.9 Å². The third-order valence-corrected chi connectivity index (χ3v) is 6.46. The van der Waals surface area contributed by atoms with Crippen molar-refractivity contribution in [2.45, 2.75) is 43.6 Å². The van der Waals surface area contributed by atoms with E-state index in [9.17, 15) is 13.2 Å². The number of carbonyl (C=O) groups is 1. The molecule has 1 saturated carbocycles. The molecule has 150 valence electrons. The van der Waals surface area contributed by atoms with Gasteiger partial charge in [-0.25, -0.2) is 13.4 Å². The summed E-state index contributed by atoms with van der Waals surface area (Å²) in [6, 6.07) is 4.21. The molecule has 28 heavy (non-hydrogen) atoms. The fraction of sp³-hybridized carbons (Fsp3) is 0.412. The van der Waals surface area contributed by atoms with Crippen LogP contribution in [0, 0.1) is 6.92 Å². The standard InChI is InChI=1S/C17H19ClN4O4S2/c1-10-19-17(27-22-10)20-16(23)15(21-26-12-5-3-4-6-12)11-7-8-14(13(18)9-11)28(2,24)25/h7-9,12H,3-6H2,1-2H3,(H,19,20,22,23)/b21-15+. The van der Waals surface area contributed by atoms with Crippen LogP contribution in [0.4, 0.5) is 5.13 Å². The molecule has 0 atom stereocenters. The maximum atomic E-state index is 12.8. The summed E-state index contributed by atoms with van der Waals surface area (Å²) in [7, 11) is -3.49. The number of oxime groups is 1. The first-order valence-electron chi connectivity index (χ1n) is 8.59. The van der Waals surface area contributed by atoms with Crippen LogP contribution < -0.4 is 5.32 Å². The van der Waals surface area contributed by atoms with Crippen molar-refractivity contribution >= 4 is 49.7 Å². The molecule has 1 aromatic carbocycles. The number of rotatable bonds is 6. The molecule has 1 aliphatic rings. The first-order valence-corrected chi connectivity index (χ1v) is 11.6. The Kier molecular flexibility index (Phi) is 6.31. The van der Waals surface area contributed by atoms with E-state index in [0.29, 0.717) is 16.5 Å². The predicted octanol–water partition coefficient (Wildman–Crippen LogP) is 3.21. The second-order valence-corrected chi connectivity index (χ2v) is 9.61. The average Bonchev–Trinajstić information content (AvgIpc) is 3.26. The second kappa shape index (κ2) is 8.54. The number of anilines is 1. The lowest BCUT2D eigenvalue weighted by Gasteiger charge is -2.11. The van der Waals surface area contributed by atoms with Crippen molar-refractivity contribution in [1.82, 2.24) is 9.36 Å². The highest BCUT2D eigenvalue weighted by Gasteiger charge is 2.22. The van der Waals surface area contributed by atoms with Crippen LogP contribution in [0.15, 0.2) is 28.3 Å². The highest BCUT2D eigenvalue weighted by molar-refractivity contribution is 7.90. The predicted molar refractivity (Wildman–Crippen MR) is 108 cm³/mol. The number of aryl methyl sites for hydroxylation is 1. The van der Waals surface area contributed by atoms with Crippen molar-refractivity contribution < 1.29 is 18.0 Å². The normalized spacial score (nSPS) is 15.6. The summed E-state index contributed by atoms with van der Waals surface area (Å²) in [4.78, 5) is 22.4. The van der Waals surface area contributed by atoms with Crippen LogP contribution in [0.3, 0.4) is 0 Å². The van der Waals surface area contributed by atoms with Crippen molar-refractivity contribution in [1.29, 1.82) is 0 Å². The lowest BCUT2D eigenvalue weighted by Crippen LogP contribution is -2.25. The zero-order chi connectivity index (χ0) is 20.3. The lowest BCUT2D eigenvalue weighted by atomic mass is 10.1. The van der Waals surface area contributed by atoms with Gasteiger partial charge < -0.3 is 4.84 Å². The zero-order valence-electron chi connectivity index (χ0n) is 15.3. The number of hydrogen-bond donors (Lipinski definition) is 1. The number of hydrogen-bond acceptors (Lipinski definition) is 8. The van der Waals surface area contributed by atoms with Crippen molar-refractivity contribution in [2.24, 2.45) is 5.16 Å². The molecule has 1 aromatic heterocycles. The number of sulfone groups is 1. The maximum absolute atomic E-state index is 12.8. The Balaban J connectivity index is 1.92. The molecule has 11 heteroatoms. The number of aromatic nitrogens is 2. The number of benzene rings is 1. The van der Waals surface area contributed by atoms with Gasteiger partial charge in [-0.3, -0.25) is 10.1 Å². The van der Waals surface area contributed by atoms with Gasteiger partial charge in [0.2, 0.25) is 5.13 Å². The molecule has 0 spiro atoms. The molecule has 0 aliphatic heterocycles. The highest BCUT2D eigenvalue weighted by atomic mass is 35.5. The van der Waals surface area contributed by atoms with Crippen LogP contribution in [-0.4, -0.2) is 41.8 Å². The van der Waals surface area contributed by atoms with E-state index in [4.69, 9.17) is 16.4 Å². The Hall–Kier alpha value is -2.04. The van der Waals surface area contributed by atoms with Crippen LogP contribution in [0.2, 0.25) is 5.02 Å². The summed E-state index contributed by atoms with van der Waals surface area (Å²) in [5.41, 5.74) is 0.329. The monoisotopic (exact) mass is 442 g/mol. The Labute approximate surface area is 172 Å². The van der Waals surface area contributed by atoms with E-state index in [2.05, 4.69) is 19.8 Å². The molecule has 8 nitrogen and oxygen atoms in total. The minimum Gasteiger partial charge on any atom is -0.392 e. The fourth-order valence-electron chi connectivity index (χ4n) is 2.80. The van der Waals surface area contributed by atoms with E-state index < -0.39 is 15.7 Å². The van der Waals surface area contributed by atoms with Crippen molar-refractivity contribution in [3.05, 3.63) is 34.6 Å². The minimum absolute atomic E-state index is 0.00752. The minimum atomic E-state index is -3.49. The van der Waals surface area contributed by atoms with Crippen molar-refractivity contribution in [3.63, 3.8) is 0 Å². The number of carbonyl (C=O) groups excluding carboxylic acids is 1. The summed E-state index contributed by atoms with van der Waals surface area (Å²) in [6.07, 6.45) is 4.89. The van der Waals surface area contributed by atoms with E-state index in [-0.39, 0.29) is 21.7 Å². The van der Waals surface area contributed by atoms with Gasteiger partial charge in [-0.2, -0.15) is 4.37 Å². The van der Waals surface area contributed by atoms with E-state index in [1.807, 2.05) is 0 Å². The van der Waals surface area contributed by atoms with Gasteiger partial charge in [-0.05, 0) is 44.7 Å². The zero-order valence-corrected chi connectivity index (χ0v) is 17.7. The summed E-state index contributed by atoms with van der Waals surface area (Å²) in [5.74, 6) is -0.00105. The SMILES string of the molecule is Cc1nsc(NC(=O)/C(=N/OC2CCCC2)c2ccc(S(C)(=O)=O)c(Cl)c2)n1. The maximum Gasteiger partial charge on any atom is 0.280 e. The molecule has 3 rings (SSSR count). The van der Waals surface area contributed by atoms with Gasteiger partial charge in [0, 0.05) is 23.4 Å². The first-order chi connectivity index (χ1) is 13.2.